The van der Waals surface area contributed by atoms with Crippen LogP contribution in [0.1, 0.15) is 20.3 Å². The minimum absolute atomic E-state index is 0.0957. The first-order valence-corrected chi connectivity index (χ1v) is 4.57. The Morgan fingerprint density at radius 1 is 1.69 bits per heavy atom. The molecule has 0 saturated heterocycles. The molecule has 0 spiro atoms. The zero-order valence-corrected chi connectivity index (χ0v) is 8.42. The van der Waals surface area contributed by atoms with Gasteiger partial charge in [0.1, 0.15) is 0 Å². The second-order valence-electron chi connectivity index (χ2n) is 3.16. The lowest BCUT2D eigenvalue weighted by atomic mass is 10.1. The molecule has 2 N–H and O–H groups in total. The van der Waals surface area contributed by atoms with E-state index < -0.39 is 0 Å². The molecule has 0 radical (unpaired) electrons. The Labute approximate surface area is 80.3 Å². The Morgan fingerprint density at radius 3 is 2.69 bits per heavy atom. The van der Waals surface area contributed by atoms with Gasteiger partial charge < -0.3 is 10.6 Å². The minimum Gasteiger partial charge on any atom is -0.332 e. The highest BCUT2D eigenvalue weighted by molar-refractivity contribution is 5.76. The predicted molar refractivity (Wildman–Crippen MR) is 53.9 cm³/mol. The average molecular weight is 182 g/mol. The molecule has 0 bridgehead atoms. The lowest BCUT2D eigenvalue weighted by molar-refractivity contribution is -0.131. The van der Waals surface area contributed by atoms with Crippen molar-refractivity contribution in [2.45, 2.75) is 20.3 Å². The molecule has 0 heterocycles. The number of hydrogen-bond donors (Lipinski definition) is 1. The molecule has 1 atom stereocenters. The van der Waals surface area contributed by atoms with Crippen LogP contribution in [-0.4, -0.2) is 30.4 Å². The Balaban J connectivity index is 3.99. The average Bonchev–Trinajstić information content (AvgIpc) is 2.13. The molecular weight excluding hydrogens is 164 g/mol. The van der Waals surface area contributed by atoms with E-state index in [1.807, 2.05) is 13.8 Å². The molecule has 74 valence electrons. The van der Waals surface area contributed by atoms with Crippen LogP contribution in [0.4, 0.5) is 0 Å². The molecule has 0 aromatic rings. The fraction of sp³-hybridized carbons (Fsp3) is 0.700. The maximum Gasteiger partial charge on any atom is 0.223 e. The van der Waals surface area contributed by atoms with Gasteiger partial charge in [-0.2, -0.15) is 0 Å². The molecule has 0 aliphatic heterocycles. The zero-order chi connectivity index (χ0) is 10.3. The Kier molecular flexibility index (Phi) is 5.99. The molecule has 3 heteroatoms. The van der Waals surface area contributed by atoms with Crippen LogP contribution in [0, 0.1) is 18.3 Å². The van der Waals surface area contributed by atoms with Crippen LogP contribution >= 0.6 is 0 Å². The lowest BCUT2D eigenvalue weighted by Crippen LogP contribution is -2.33. The van der Waals surface area contributed by atoms with Crippen LogP contribution in [0.2, 0.25) is 0 Å². The molecule has 1 unspecified atom stereocenters. The Hall–Kier alpha value is -1.01. The van der Waals surface area contributed by atoms with Gasteiger partial charge in [-0.1, -0.05) is 12.8 Å². The van der Waals surface area contributed by atoms with Crippen molar-refractivity contribution in [1.82, 2.24) is 4.90 Å². The van der Waals surface area contributed by atoms with Crippen molar-refractivity contribution >= 4 is 5.91 Å². The van der Waals surface area contributed by atoms with E-state index in [0.717, 1.165) is 0 Å². The van der Waals surface area contributed by atoms with Crippen LogP contribution in [0.3, 0.4) is 0 Å². The van der Waals surface area contributed by atoms with Crippen molar-refractivity contribution in [1.29, 1.82) is 0 Å². The molecule has 0 saturated carbocycles. The number of nitrogens with two attached hydrogens (primary N) is 1. The number of carbonyl (C=O) groups is 1. The molecule has 0 rings (SSSR count). The minimum atomic E-state index is 0.0957. The fourth-order valence-corrected chi connectivity index (χ4v) is 0.997. The molecule has 0 aromatic carbocycles. The third kappa shape index (κ3) is 4.54. The monoisotopic (exact) mass is 182 g/mol. The molecule has 3 nitrogen and oxygen atoms in total. The molecule has 0 aliphatic carbocycles. The zero-order valence-electron chi connectivity index (χ0n) is 8.42. The SMILES string of the molecule is C#CCN(CC)C(=O)CC(C)CN. The summed E-state index contributed by atoms with van der Waals surface area (Å²) in [5, 5.41) is 0. The van der Waals surface area contributed by atoms with E-state index in [-0.39, 0.29) is 11.8 Å². The van der Waals surface area contributed by atoms with E-state index in [0.29, 0.717) is 26.1 Å². The summed E-state index contributed by atoms with van der Waals surface area (Å²) in [5.41, 5.74) is 5.42. The Morgan fingerprint density at radius 2 is 2.31 bits per heavy atom. The molecule has 1 amide bonds. The third-order valence-corrected chi connectivity index (χ3v) is 1.94. The van der Waals surface area contributed by atoms with Crippen LogP contribution in [0.5, 0.6) is 0 Å². The summed E-state index contributed by atoms with van der Waals surface area (Å²) in [6.45, 7) is 5.48. The van der Waals surface area contributed by atoms with Crippen LogP contribution in [-0.2, 0) is 4.79 Å². The van der Waals surface area contributed by atoms with Crippen molar-refractivity contribution in [3.05, 3.63) is 0 Å². The van der Waals surface area contributed by atoms with Gasteiger partial charge in [0.05, 0.1) is 6.54 Å². The van der Waals surface area contributed by atoms with Gasteiger partial charge >= 0.3 is 0 Å². The number of terminal acetylenes is 1. The predicted octanol–water partition coefficient (Wildman–Crippen LogP) is 0.453. The normalized spacial score (nSPS) is 11.8. The maximum absolute atomic E-state index is 11.5. The molecular formula is C10H18N2O. The Bertz CT molecular complexity index is 196. The number of amides is 1. The van der Waals surface area contributed by atoms with Crippen molar-refractivity contribution in [3.8, 4) is 12.3 Å². The number of nitrogens with zero attached hydrogens (tertiary/aromatic N) is 1. The van der Waals surface area contributed by atoms with Gasteiger partial charge in [0.2, 0.25) is 5.91 Å². The second kappa shape index (κ2) is 6.50. The maximum atomic E-state index is 11.5. The van der Waals surface area contributed by atoms with Crippen molar-refractivity contribution in [2.24, 2.45) is 11.7 Å². The quantitative estimate of drug-likeness (QED) is 0.628. The van der Waals surface area contributed by atoms with Crippen LogP contribution < -0.4 is 5.73 Å². The van der Waals surface area contributed by atoms with Crippen LogP contribution in [0.15, 0.2) is 0 Å². The summed E-state index contributed by atoms with van der Waals surface area (Å²) in [7, 11) is 0. The van der Waals surface area contributed by atoms with Crippen molar-refractivity contribution in [3.63, 3.8) is 0 Å². The summed E-state index contributed by atoms with van der Waals surface area (Å²) in [5.74, 6) is 2.80. The van der Waals surface area contributed by atoms with Crippen LogP contribution in [0.25, 0.3) is 0 Å². The van der Waals surface area contributed by atoms with Gasteiger partial charge in [0, 0.05) is 13.0 Å². The van der Waals surface area contributed by atoms with E-state index in [1.165, 1.54) is 0 Å². The van der Waals surface area contributed by atoms with E-state index in [2.05, 4.69) is 5.92 Å². The first-order chi connectivity index (χ1) is 6.15. The van der Waals surface area contributed by atoms with E-state index in [4.69, 9.17) is 12.2 Å². The van der Waals surface area contributed by atoms with Gasteiger partial charge in [0.15, 0.2) is 0 Å². The first kappa shape index (κ1) is 12.0. The smallest absolute Gasteiger partial charge is 0.223 e. The van der Waals surface area contributed by atoms with Gasteiger partial charge in [-0.3, -0.25) is 4.79 Å². The third-order valence-electron chi connectivity index (χ3n) is 1.94. The molecule has 13 heavy (non-hydrogen) atoms. The second-order valence-corrected chi connectivity index (χ2v) is 3.16. The topological polar surface area (TPSA) is 46.3 Å². The first-order valence-electron chi connectivity index (χ1n) is 4.57. The molecule has 0 aliphatic rings. The van der Waals surface area contributed by atoms with Gasteiger partial charge in [-0.05, 0) is 19.4 Å². The van der Waals surface area contributed by atoms with E-state index in [1.54, 1.807) is 4.90 Å². The summed E-state index contributed by atoms with van der Waals surface area (Å²) < 4.78 is 0. The number of hydrogen-bond acceptors (Lipinski definition) is 2. The van der Waals surface area contributed by atoms with E-state index in [9.17, 15) is 4.79 Å². The summed E-state index contributed by atoms with van der Waals surface area (Å²) >= 11 is 0. The largest absolute Gasteiger partial charge is 0.332 e. The highest BCUT2D eigenvalue weighted by Gasteiger charge is 2.12. The fourth-order valence-electron chi connectivity index (χ4n) is 0.997. The highest BCUT2D eigenvalue weighted by atomic mass is 16.2. The number of rotatable bonds is 5. The van der Waals surface area contributed by atoms with Gasteiger partial charge in [-0.15, -0.1) is 6.42 Å². The summed E-state index contributed by atoms with van der Waals surface area (Å²) in [4.78, 5) is 13.2. The number of carbonyl (C=O) groups excluding carboxylic acids is 1. The summed E-state index contributed by atoms with van der Waals surface area (Å²) in [6.07, 6.45) is 5.63. The van der Waals surface area contributed by atoms with E-state index >= 15 is 0 Å². The van der Waals surface area contributed by atoms with Gasteiger partial charge in [0.25, 0.3) is 0 Å². The standard InChI is InChI=1S/C10H18N2O/c1-4-6-12(5-2)10(13)7-9(3)8-11/h1,9H,5-8,11H2,2-3H3. The molecule has 0 fully saturated rings. The van der Waals surface area contributed by atoms with Crippen molar-refractivity contribution < 1.29 is 4.79 Å². The van der Waals surface area contributed by atoms with Crippen molar-refractivity contribution in [2.75, 3.05) is 19.6 Å². The van der Waals surface area contributed by atoms with Gasteiger partial charge in [-0.25, -0.2) is 0 Å². The molecule has 0 aromatic heterocycles. The highest BCUT2D eigenvalue weighted by Crippen LogP contribution is 2.03. The summed E-state index contributed by atoms with van der Waals surface area (Å²) in [6, 6.07) is 0. The lowest BCUT2D eigenvalue weighted by Gasteiger charge is -2.19.